The van der Waals surface area contributed by atoms with E-state index in [0.29, 0.717) is 17.7 Å². The van der Waals surface area contributed by atoms with Crippen LogP contribution in [0.2, 0.25) is 0 Å². The van der Waals surface area contributed by atoms with Crippen molar-refractivity contribution in [3.63, 3.8) is 0 Å². The maximum Gasteiger partial charge on any atom is 0.338 e. The van der Waals surface area contributed by atoms with Crippen LogP contribution in [0.25, 0.3) is 11.1 Å². The van der Waals surface area contributed by atoms with Gasteiger partial charge in [0.2, 0.25) is 0 Å². The first-order valence-electron chi connectivity index (χ1n) is 6.51. The molecule has 2 rings (SSSR count). The SMILES string of the molecule is CCOC(=O)c1ccc(-c2ccccc2)c(C(C)=O)c1. The van der Waals surface area contributed by atoms with E-state index >= 15 is 0 Å². The molecule has 102 valence electrons. The number of carbonyl (C=O) groups is 2. The van der Waals surface area contributed by atoms with Crippen LogP contribution in [0.15, 0.2) is 48.5 Å². The topological polar surface area (TPSA) is 43.4 Å². The molecule has 3 heteroatoms. The Morgan fingerprint density at radius 2 is 1.75 bits per heavy atom. The molecule has 0 aliphatic carbocycles. The zero-order chi connectivity index (χ0) is 14.5. The molecule has 20 heavy (non-hydrogen) atoms. The maximum atomic E-state index is 11.8. The van der Waals surface area contributed by atoms with Crippen LogP contribution in [0.5, 0.6) is 0 Å². The summed E-state index contributed by atoms with van der Waals surface area (Å²) in [6, 6.07) is 14.7. The second-order valence-corrected chi connectivity index (χ2v) is 4.40. The molecule has 0 atom stereocenters. The molecular weight excluding hydrogens is 252 g/mol. The smallest absolute Gasteiger partial charge is 0.338 e. The molecule has 0 fully saturated rings. The van der Waals surface area contributed by atoms with Crippen molar-refractivity contribution in [2.45, 2.75) is 13.8 Å². The van der Waals surface area contributed by atoms with Gasteiger partial charge in [0, 0.05) is 5.56 Å². The van der Waals surface area contributed by atoms with Crippen LogP contribution in [0, 0.1) is 0 Å². The van der Waals surface area contributed by atoms with Gasteiger partial charge in [-0.25, -0.2) is 4.79 Å². The number of benzene rings is 2. The van der Waals surface area contributed by atoms with Crippen LogP contribution in [0.4, 0.5) is 0 Å². The largest absolute Gasteiger partial charge is 0.462 e. The van der Waals surface area contributed by atoms with Crippen molar-refractivity contribution in [1.29, 1.82) is 0 Å². The average molecular weight is 268 g/mol. The fraction of sp³-hybridized carbons (Fsp3) is 0.176. The molecular formula is C17H16O3. The summed E-state index contributed by atoms with van der Waals surface area (Å²) in [5.41, 5.74) is 2.71. The first kappa shape index (κ1) is 14.0. The van der Waals surface area contributed by atoms with Crippen molar-refractivity contribution < 1.29 is 14.3 Å². The van der Waals surface area contributed by atoms with Crippen molar-refractivity contribution in [1.82, 2.24) is 0 Å². The third-order valence-corrected chi connectivity index (χ3v) is 2.99. The highest BCUT2D eigenvalue weighted by atomic mass is 16.5. The van der Waals surface area contributed by atoms with E-state index in [1.807, 2.05) is 30.3 Å². The minimum absolute atomic E-state index is 0.0741. The number of hydrogen-bond acceptors (Lipinski definition) is 3. The van der Waals surface area contributed by atoms with Gasteiger partial charge >= 0.3 is 5.97 Å². The van der Waals surface area contributed by atoms with Crippen molar-refractivity contribution in [3.05, 3.63) is 59.7 Å². The molecule has 0 amide bonds. The summed E-state index contributed by atoms with van der Waals surface area (Å²) in [4.78, 5) is 23.6. The Kier molecular flexibility index (Phi) is 4.31. The Labute approximate surface area is 118 Å². The van der Waals surface area contributed by atoms with E-state index in [2.05, 4.69) is 0 Å². The highest BCUT2D eigenvalue weighted by Crippen LogP contribution is 2.25. The summed E-state index contributed by atoms with van der Waals surface area (Å²) >= 11 is 0. The molecule has 0 bridgehead atoms. The average Bonchev–Trinajstić information content (AvgIpc) is 2.47. The molecule has 3 nitrogen and oxygen atoms in total. The molecule has 0 saturated carbocycles. The second-order valence-electron chi connectivity index (χ2n) is 4.40. The lowest BCUT2D eigenvalue weighted by atomic mass is 9.95. The lowest BCUT2D eigenvalue weighted by Crippen LogP contribution is -2.07. The fourth-order valence-electron chi connectivity index (χ4n) is 2.05. The molecule has 2 aromatic carbocycles. The summed E-state index contributed by atoms with van der Waals surface area (Å²) in [6.07, 6.45) is 0. The lowest BCUT2D eigenvalue weighted by Gasteiger charge is -2.09. The summed E-state index contributed by atoms with van der Waals surface area (Å²) in [5.74, 6) is -0.482. The number of carbonyl (C=O) groups excluding carboxylic acids is 2. The predicted molar refractivity (Wildman–Crippen MR) is 77.8 cm³/mol. The Morgan fingerprint density at radius 1 is 1.05 bits per heavy atom. The highest BCUT2D eigenvalue weighted by molar-refractivity contribution is 6.03. The van der Waals surface area contributed by atoms with Crippen LogP contribution in [0.3, 0.4) is 0 Å². The molecule has 0 aromatic heterocycles. The van der Waals surface area contributed by atoms with Gasteiger partial charge < -0.3 is 4.74 Å². The second kappa shape index (κ2) is 6.15. The summed E-state index contributed by atoms with van der Waals surface area (Å²) in [5, 5.41) is 0. The lowest BCUT2D eigenvalue weighted by molar-refractivity contribution is 0.0526. The van der Waals surface area contributed by atoms with Crippen LogP contribution in [0.1, 0.15) is 34.6 Å². The van der Waals surface area contributed by atoms with Gasteiger partial charge in [0.05, 0.1) is 12.2 Å². The third kappa shape index (κ3) is 2.94. The minimum Gasteiger partial charge on any atom is -0.462 e. The van der Waals surface area contributed by atoms with Crippen molar-refractivity contribution >= 4 is 11.8 Å². The van der Waals surface area contributed by atoms with E-state index in [4.69, 9.17) is 4.74 Å². The standard InChI is InChI=1S/C17H16O3/c1-3-20-17(19)14-9-10-15(16(11-14)12(2)18)13-7-5-4-6-8-13/h4-11H,3H2,1-2H3. The van der Waals surface area contributed by atoms with Crippen LogP contribution < -0.4 is 0 Å². The Bertz CT molecular complexity index is 630. The maximum absolute atomic E-state index is 11.8. The number of hydrogen-bond donors (Lipinski definition) is 0. The first-order chi connectivity index (χ1) is 9.63. The van der Waals surface area contributed by atoms with Crippen LogP contribution >= 0.6 is 0 Å². The Hall–Kier alpha value is -2.42. The van der Waals surface area contributed by atoms with Gasteiger partial charge in [-0.3, -0.25) is 4.79 Å². The zero-order valence-electron chi connectivity index (χ0n) is 11.6. The van der Waals surface area contributed by atoms with Gasteiger partial charge in [-0.1, -0.05) is 36.4 Å². The monoisotopic (exact) mass is 268 g/mol. The van der Waals surface area contributed by atoms with Crippen LogP contribution in [-0.2, 0) is 4.74 Å². The van der Waals surface area contributed by atoms with Crippen molar-refractivity contribution in [3.8, 4) is 11.1 Å². The molecule has 0 radical (unpaired) electrons. The number of Topliss-reactive ketones (excluding diaryl/α,β-unsaturated/α-hetero) is 1. The van der Waals surface area contributed by atoms with Crippen LogP contribution in [-0.4, -0.2) is 18.4 Å². The molecule has 0 heterocycles. The Balaban J connectivity index is 2.49. The van der Waals surface area contributed by atoms with Gasteiger partial charge in [-0.05, 0) is 37.1 Å². The molecule has 0 unspecified atom stereocenters. The number of ketones is 1. The molecule has 2 aromatic rings. The molecule has 0 saturated heterocycles. The van der Waals surface area contributed by atoms with Crippen molar-refractivity contribution in [2.75, 3.05) is 6.61 Å². The van der Waals surface area contributed by atoms with E-state index in [1.165, 1.54) is 6.92 Å². The van der Waals surface area contributed by atoms with Crippen molar-refractivity contribution in [2.24, 2.45) is 0 Å². The molecule has 0 spiro atoms. The molecule has 0 N–H and O–H groups in total. The summed E-state index contributed by atoms with van der Waals surface area (Å²) in [7, 11) is 0. The summed E-state index contributed by atoms with van der Waals surface area (Å²) in [6.45, 7) is 3.56. The van der Waals surface area contributed by atoms with E-state index < -0.39 is 5.97 Å². The van der Waals surface area contributed by atoms with E-state index in [9.17, 15) is 9.59 Å². The number of esters is 1. The minimum atomic E-state index is -0.408. The first-order valence-corrected chi connectivity index (χ1v) is 6.51. The third-order valence-electron chi connectivity index (χ3n) is 2.99. The van der Waals surface area contributed by atoms with E-state index in [0.717, 1.165) is 11.1 Å². The number of ether oxygens (including phenoxy) is 1. The zero-order valence-corrected chi connectivity index (χ0v) is 11.6. The van der Waals surface area contributed by atoms with E-state index in [-0.39, 0.29) is 5.78 Å². The van der Waals surface area contributed by atoms with Gasteiger partial charge in [0.15, 0.2) is 5.78 Å². The van der Waals surface area contributed by atoms with Gasteiger partial charge in [0.25, 0.3) is 0 Å². The Morgan fingerprint density at radius 3 is 2.35 bits per heavy atom. The summed E-state index contributed by atoms with van der Waals surface area (Å²) < 4.78 is 4.96. The normalized spacial score (nSPS) is 10.1. The van der Waals surface area contributed by atoms with Gasteiger partial charge in [-0.2, -0.15) is 0 Å². The number of rotatable bonds is 4. The van der Waals surface area contributed by atoms with Gasteiger partial charge in [-0.15, -0.1) is 0 Å². The highest BCUT2D eigenvalue weighted by Gasteiger charge is 2.14. The van der Waals surface area contributed by atoms with Gasteiger partial charge in [0.1, 0.15) is 0 Å². The fourth-order valence-corrected chi connectivity index (χ4v) is 2.05. The predicted octanol–water partition coefficient (Wildman–Crippen LogP) is 3.73. The quantitative estimate of drug-likeness (QED) is 0.626. The molecule has 0 aliphatic heterocycles. The molecule has 0 aliphatic rings. The van der Waals surface area contributed by atoms with E-state index in [1.54, 1.807) is 25.1 Å².